The van der Waals surface area contributed by atoms with Crippen molar-refractivity contribution < 1.29 is 14.4 Å². The molecule has 0 spiro atoms. The number of nitrogens with zero attached hydrogens (tertiary/aromatic N) is 1. The van der Waals surface area contributed by atoms with E-state index >= 15 is 0 Å². The summed E-state index contributed by atoms with van der Waals surface area (Å²) >= 11 is 0. The van der Waals surface area contributed by atoms with E-state index in [1.165, 1.54) is 13.8 Å². The predicted octanol–water partition coefficient (Wildman–Crippen LogP) is -0.542. The number of carbonyl (C=O) groups excluding carboxylic acids is 3. The van der Waals surface area contributed by atoms with E-state index in [4.69, 9.17) is 5.26 Å². The summed E-state index contributed by atoms with van der Waals surface area (Å²) in [6.07, 6.45) is 0.474. The molecule has 6 nitrogen and oxygen atoms in total. The number of hydrogen-bond donors (Lipinski definition) is 2. The van der Waals surface area contributed by atoms with Crippen LogP contribution in [-0.4, -0.2) is 23.8 Å². The van der Waals surface area contributed by atoms with Gasteiger partial charge in [-0.15, -0.1) is 0 Å². The maximum Gasteiger partial charge on any atom is 0.249 e. The van der Waals surface area contributed by atoms with Gasteiger partial charge in [0.25, 0.3) is 0 Å². The van der Waals surface area contributed by atoms with Crippen LogP contribution in [0.5, 0.6) is 0 Å². The minimum absolute atomic E-state index is 0.198. The van der Waals surface area contributed by atoms with Gasteiger partial charge in [-0.2, -0.15) is 5.26 Å². The van der Waals surface area contributed by atoms with E-state index in [0.717, 1.165) is 0 Å². The zero-order valence-corrected chi connectivity index (χ0v) is 9.16. The fourth-order valence-electron chi connectivity index (χ4n) is 1.22. The Kier molecular flexibility index (Phi) is 3.28. The molecule has 0 saturated carbocycles. The van der Waals surface area contributed by atoms with Gasteiger partial charge in [-0.05, 0) is 20.3 Å². The Morgan fingerprint density at radius 2 is 2.19 bits per heavy atom. The first-order valence-electron chi connectivity index (χ1n) is 4.93. The standard InChI is InChI=1S/C10H13N3O3/c1-10(2,5-11)9(16)12-6-3-4-7(14)13-8(6)15/h6H,3-4H2,1-2H3,(H,12,16)(H,13,14,15). The molecule has 0 aliphatic carbocycles. The summed E-state index contributed by atoms with van der Waals surface area (Å²) in [7, 11) is 0. The summed E-state index contributed by atoms with van der Waals surface area (Å²) in [4.78, 5) is 33.8. The van der Waals surface area contributed by atoms with E-state index < -0.39 is 23.3 Å². The van der Waals surface area contributed by atoms with E-state index in [-0.39, 0.29) is 18.7 Å². The first-order chi connectivity index (χ1) is 7.36. The predicted molar refractivity (Wildman–Crippen MR) is 53.7 cm³/mol. The van der Waals surface area contributed by atoms with Crippen LogP contribution in [0.3, 0.4) is 0 Å². The summed E-state index contributed by atoms with van der Waals surface area (Å²) in [5.41, 5.74) is -1.18. The molecule has 6 heteroatoms. The van der Waals surface area contributed by atoms with Crippen molar-refractivity contribution in [2.75, 3.05) is 0 Å². The molecule has 1 aliphatic rings. The number of piperidine rings is 1. The highest BCUT2D eigenvalue weighted by Gasteiger charge is 2.33. The number of rotatable bonds is 2. The average Bonchev–Trinajstić information content (AvgIpc) is 2.22. The van der Waals surface area contributed by atoms with Gasteiger partial charge < -0.3 is 5.32 Å². The highest BCUT2D eigenvalue weighted by Crippen LogP contribution is 2.14. The molecule has 0 radical (unpaired) electrons. The second-order valence-corrected chi connectivity index (χ2v) is 4.21. The van der Waals surface area contributed by atoms with Crippen LogP contribution >= 0.6 is 0 Å². The molecular weight excluding hydrogens is 210 g/mol. The van der Waals surface area contributed by atoms with E-state index in [9.17, 15) is 14.4 Å². The smallest absolute Gasteiger partial charge is 0.249 e. The van der Waals surface area contributed by atoms with Crippen LogP contribution in [0.15, 0.2) is 0 Å². The Bertz CT molecular complexity index is 381. The van der Waals surface area contributed by atoms with Crippen LogP contribution < -0.4 is 10.6 Å². The Labute approximate surface area is 93.0 Å². The zero-order chi connectivity index (χ0) is 12.3. The lowest BCUT2D eigenvalue weighted by atomic mass is 9.93. The Hall–Kier alpha value is -1.90. The van der Waals surface area contributed by atoms with Gasteiger partial charge in [0.2, 0.25) is 17.7 Å². The van der Waals surface area contributed by atoms with Crippen molar-refractivity contribution in [2.45, 2.75) is 32.7 Å². The summed E-state index contributed by atoms with van der Waals surface area (Å²) in [5, 5.41) is 13.3. The van der Waals surface area contributed by atoms with Crippen molar-refractivity contribution in [3.05, 3.63) is 0 Å². The largest absolute Gasteiger partial charge is 0.343 e. The number of nitriles is 1. The first-order valence-corrected chi connectivity index (χ1v) is 4.93. The van der Waals surface area contributed by atoms with Crippen molar-refractivity contribution in [1.82, 2.24) is 10.6 Å². The Balaban J connectivity index is 2.63. The van der Waals surface area contributed by atoms with Crippen molar-refractivity contribution in [2.24, 2.45) is 5.41 Å². The second kappa shape index (κ2) is 4.31. The lowest BCUT2D eigenvalue weighted by molar-refractivity contribution is -0.138. The van der Waals surface area contributed by atoms with Crippen LogP contribution in [0.1, 0.15) is 26.7 Å². The van der Waals surface area contributed by atoms with Gasteiger partial charge in [-0.1, -0.05) is 0 Å². The van der Waals surface area contributed by atoms with E-state index in [1.807, 2.05) is 6.07 Å². The van der Waals surface area contributed by atoms with Gasteiger partial charge in [0.1, 0.15) is 11.5 Å². The Morgan fingerprint density at radius 3 is 2.69 bits per heavy atom. The molecule has 3 amide bonds. The fourth-order valence-corrected chi connectivity index (χ4v) is 1.22. The molecule has 0 aromatic rings. The molecule has 1 rings (SSSR count). The van der Waals surface area contributed by atoms with Gasteiger partial charge in [-0.25, -0.2) is 0 Å². The number of nitrogens with one attached hydrogen (secondary N) is 2. The fraction of sp³-hybridized carbons (Fsp3) is 0.600. The van der Waals surface area contributed by atoms with Gasteiger partial charge >= 0.3 is 0 Å². The number of hydrogen-bond acceptors (Lipinski definition) is 4. The molecule has 1 fully saturated rings. The maximum absolute atomic E-state index is 11.6. The Morgan fingerprint density at radius 1 is 1.56 bits per heavy atom. The average molecular weight is 223 g/mol. The third-order valence-electron chi connectivity index (χ3n) is 2.39. The summed E-state index contributed by atoms with van der Waals surface area (Å²) in [6, 6.07) is 1.12. The van der Waals surface area contributed by atoms with Crippen molar-refractivity contribution in [3.8, 4) is 6.07 Å². The molecule has 0 aromatic carbocycles. The molecule has 1 heterocycles. The molecule has 1 unspecified atom stereocenters. The minimum Gasteiger partial charge on any atom is -0.343 e. The van der Waals surface area contributed by atoms with Gasteiger partial charge in [0.05, 0.1) is 6.07 Å². The monoisotopic (exact) mass is 223 g/mol. The van der Waals surface area contributed by atoms with E-state index in [0.29, 0.717) is 0 Å². The molecule has 86 valence electrons. The van der Waals surface area contributed by atoms with Gasteiger partial charge in [0.15, 0.2) is 0 Å². The maximum atomic E-state index is 11.6. The van der Waals surface area contributed by atoms with Crippen molar-refractivity contribution >= 4 is 17.7 Å². The number of carbonyl (C=O) groups is 3. The first kappa shape index (κ1) is 12.2. The zero-order valence-electron chi connectivity index (χ0n) is 9.16. The quantitative estimate of drug-likeness (QED) is 0.614. The summed E-state index contributed by atoms with van der Waals surface area (Å²) in [5.74, 6) is -1.36. The van der Waals surface area contributed by atoms with Crippen LogP contribution in [0.4, 0.5) is 0 Å². The third kappa shape index (κ3) is 2.57. The highest BCUT2D eigenvalue weighted by molar-refractivity contribution is 6.02. The van der Waals surface area contributed by atoms with E-state index in [1.54, 1.807) is 0 Å². The van der Waals surface area contributed by atoms with Gasteiger partial charge in [0, 0.05) is 6.42 Å². The van der Waals surface area contributed by atoms with Crippen molar-refractivity contribution in [1.29, 1.82) is 5.26 Å². The molecule has 0 bridgehead atoms. The number of imide groups is 1. The van der Waals surface area contributed by atoms with Crippen LogP contribution in [0.2, 0.25) is 0 Å². The molecule has 1 saturated heterocycles. The topological polar surface area (TPSA) is 99.1 Å². The minimum atomic E-state index is -1.18. The lowest BCUT2D eigenvalue weighted by Crippen LogP contribution is -2.54. The van der Waals surface area contributed by atoms with Crippen molar-refractivity contribution in [3.63, 3.8) is 0 Å². The van der Waals surface area contributed by atoms with Crippen LogP contribution in [0, 0.1) is 16.7 Å². The SMILES string of the molecule is CC(C)(C#N)C(=O)NC1CCC(=O)NC1=O. The molecule has 1 aliphatic heterocycles. The molecular formula is C10H13N3O3. The number of amides is 3. The summed E-state index contributed by atoms with van der Waals surface area (Å²) < 4.78 is 0. The highest BCUT2D eigenvalue weighted by atomic mass is 16.2. The molecule has 0 aromatic heterocycles. The second-order valence-electron chi connectivity index (χ2n) is 4.21. The third-order valence-corrected chi connectivity index (χ3v) is 2.39. The molecule has 2 N–H and O–H groups in total. The molecule has 1 atom stereocenters. The summed E-state index contributed by atoms with van der Waals surface area (Å²) in [6.45, 7) is 2.93. The van der Waals surface area contributed by atoms with Crippen LogP contribution in [-0.2, 0) is 14.4 Å². The van der Waals surface area contributed by atoms with E-state index in [2.05, 4.69) is 10.6 Å². The lowest BCUT2D eigenvalue weighted by Gasteiger charge is -2.24. The van der Waals surface area contributed by atoms with Crippen LogP contribution in [0.25, 0.3) is 0 Å². The van der Waals surface area contributed by atoms with Gasteiger partial charge in [-0.3, -0.25) is 19.7 Å². The molecule has 16 heavy (non-hydrogen) atoms. The normalized spacial score (nSPS) is 20.9.